The first-order valence-corrected chi connectivity index (χ1v) is 6.96. The first-order chi connectivity index (χ1) is 10.5. The van der Waals surface area contributed by atoms with E-state index in [2.05, 4.69) is 10.6 Å². The van der Waals surface area contributed by atoms with Gasteiger partial charge in [-0.15, -0.1) is 0 Å². The Morgan fingerprint density at radius 3 is 2.14 bits per heavy atom. The second kappa shape index (κ2) is 7.15. The predicted octanol–water partition coefficient (Wildman–Crippen LogP) is 3.58. The van der Waals surface area contributed by atoms with E-state index in [1.807, 2.05) is 0 Å². The highest BCUT2D eigenvalue weighted by Crippen LogP contribution is 2.25. The summed E-state index contributed by atoms with van der Waals surface area (Å²) in [6.45, 7) is 0. The zero-order chi connectivity index (χ0) is 16.1. The third kappa shape index (κ3) is 4.13. The molecule has 22 heavy (non-hydrogen) atoms. The molecule has 2 N–H and O–H groups in total. The molecule has 0 aromatic heterocycles. The van der Waals surface area contributed by atoms with Gasteiger partial charge in [-0.05, 0) is 30.3 Å². The number of amides is 2. The molecule has 0 fully saturated rings. The van der Waals surface area contributed by atoms with Crippen LogP contribution in [0.1, 0.15) is 0 Å². The van der Waals surface area contributed by atoms with E-state index in [4.69, 9.17) is 27.9 Å². The zero-order valence-electron chi connectivity index (χ0n) is 11.5. The van der Waals surface area contributed by atoms with Crippen molar-refractivity contribution in [2.45, 2.75) is 0 Å². The fourth-order valence-corrected chi connectivity index (χ4v) is 1.95. The normalized spacial score (nSPS) is 9.95. The number of nitrogens with one attached hydrogen (secondary N) is 2. The largest absolute Gasteiger partial charge is 0.497 e. The van der Waals surface area contributed by atoms with E-state index in [1.54, 1.807) is 30.3 Å². The van der Waals surface area contributed by atoms with Crippen molar-refractivity contribution in [3.63, 3.8) is 0 Å². The number of hydrogen-bond donors (Lipinski definition) is 2. The van der Waals surface area contributed by atoms with Crippen LogP contribution in [0.25, 0.3) is 0 Å². The molecule has 2 aromatic carbocycles. The summed E-state index contributed by atoms with van der Waals surface area (Å²) in [7, 11) is 1.51. The quantitative estimate of drug-likeness (QED) is 0.840. The maximum Gasteiger partial charge on any atom is 0.314 e. The first kappa shape index (κ1) is 16.1. The maximum atomic E-state index is 11.8. The molecule has 0 radical (unpaired) electrons. The molecule has 114 valence electrons. The van der Waals surface area contributed by atoms with Gasteiger partial charge in [0, 0.05) is 17.4 Å². The fraction of sp³-hybridized carbons (Fsp3) is 0.0667. The van der Waals surface area contributed by atoms with Crippen LogP contribution >= 0.6 is 23.2 Å². The zero-order valence-corrected chi connectivity index (χ0v) is 13.0. The second-order valence-electron chi connectivity index (χ2n) is 4.27. The smallest absolute Gasteiger partial charge is 0.314 e. The number of halogens is 2. The molecule has 0 spiro atoms. The Balaban J connectivity index is 2.02. The van der Waals surface area contributed by atoms with E-state index in [-0.39, 0.29) is 5.02 Å². The molecule has 0 heterocycles. The van der Waals surface area contributed by atoms with Crippen LogP contribution in [-0.4, -0.2) is 18.9 Å². The molecule has 0 unspecified atom stereocenters. The molecular weight excluding hydrogens is 327 g/mol. The van der Waals surface area contributed by atoms with E-state index in [0.717, 1.165) is 0 Å². The molecule has 0 aliphatic heterocycles. The van der Waals surface area contributed by atoms with Gasteiger partial charge in [0.05, 0.1) is 17.2 Å². The fourth-order valence-electron chi connectivity index (χ4n) is 1.65. The maximum absolute atomic E-state index is 11.8. The van der Waals surface area contributed by atoms with Gasteiger partial charge in [-0.25, -0.2) is 0 Å². The average Bonchev–Trinajstić information content (AvgIpc) is 2.51. The third-order valence-corrected chi connectivity index (χ3v) is 3.45. The molecular formula is C15H12Cl2N2O3. The molecule has 2 amide bonds. The molecule has 2 rings (SSSR count). The van der Waals surface area contributed by atoms with E-state index in [0.29, 0.717) is 22.1 Å². The average molecular weight is 339 g/mol. The summed E-state index contributed by atoms with van der Waals surface area (Å²) in [4.78, 5) is 23.7. The van der Waals surface area contributed by atoms with Crippen LogP contribution in [0.15, 0.2) is 42.5 Å². The summed E-state index contributed by atoms with van der Waals surface area (Å²) >= 11 is 11.6. The summed E-state index contributed by atoms with van der Waals surface area (Å²) in [6.07, 6.45) is 0. The number of benzene rings is 2. The molecule has 5 nitrogen and oxygen atoms in total. The Bertz CT molecular complexity index is 720. The molecule has 7 heteroatoms. The van der Waals surface area contributed by atoms with Gasteiger partial charge < -0.3 is 15.4 Å². The summed E-state index contributed by atoms with van der Waals surface area (Å²) in [5.74, 6) is -1.05. The lowest BCUT2D eigenvalue weighted by atomic mass is 10.3. The Kier molecular flexibility index (Phi) is 5.25. The van der Waals surface area contributed by atoms with Crippen molar-refractivity contribution >= 4 is 46.4 Å². The minimum atomic E-state index is -0.818. The van der Waals surface area contributed by atoms with Crippen molar-refractivity contribution in [1.82, 2.24) is 0 Å². The van der Waals surface area contributed by atoms with Crippen LogP contribution in [0.5, 0.6) is 5.75 Å². The van der Waals surface area contributed by atoms with Crippen LogP contribution in [-0.2, 0) is 9.59 Å². The van der Waals surface area contributed by atoms with Gasteiger partial charge in [0.15, 0.2) is 0 Å². The van der Waals surface area contributed by atoms with E-state index in [1.165, 1.54) is 19.2 Å². The van der Waals surface area contributed by atoms with Gasteiger partial charge >= 0.3 is 11.8 Å². The Morgan fingerprint density at radius 2 is 1.55 bits per heavy atom. The first-order valence-electron chi connectivity index (χ1n) is 6.21. The summed E-state index contributed by atoms with van der Waals surface area (Å²) < 4.78 is 5.04. The number of carbonyl (C=O) groups is 2. The molecule has 0 saturated heterocycles. The van der Waals surface area contributed by atoms with Crippen molar-refractivity contribution in [1.29, 1.82) is 0 Å². The highest BCUT2D eigenvalue weighted by molar-refractivity contribution is 6.44. The van der Waals surface area contributed by atoms with Crippen LogP contribution < -0.4 is 15.4 Å². The molecule has 2 aromatic rings. The van der Waals surface area contributed by atoms with Crippen molar-refractivity contribution in [3.8, 4) is 5.75 Å². The van der Waals surface area contributed by atoms with E-state index < -0.39 is 11.8 Å². The van der Waals surface area contributed by atoms with Gasteiger partial charge in [0.1, 0.15) is 5.75 Å². The summed E-state index contributed by atoms with van der Waals surface area (Å²) in [5, 5.41) is 5.55. The molecule has 0 saturated carbocycles. The van der Waals surface area contributed by atoms with Crippen molar-refractivity contribution in [2.75, 3.05) is 17.7 Å². The number of ether oxygens (including phenoxy) is 1. The van der Waals surface area contributed by atoms with E-state index >= 15 is 0 Å². The summed E-state index contributed by atoms with van der Waals surface area (Å²) in [6, 6.07) is 11.2. The lowest BCUT2D eigenvalue weighted by molar-refractivity contribution is -0.132. The number of hydrogen-bond acceptors (Lipinski definition) is 3. The van der Waals surface area contributed by atoms with Crippen molar-refractivity contribution in [3.05, 3.63) is 52.5 Å². The highest BCUT2D eigenvalue weighted by atomic mass is 35.5. The van der Waals surface area contributed by atoms with E-state index in [9.17, 15) is 9.59 Å². The molecule has 0 atom stereocenters. The topological polar surface area (TPSA) is 67.4 Å². The SMILES string of the molecule is COc1cccc(NC(=O)C(=O)Nc2ccc(Cl)c(Cl)c2)c1. The van der Waals surface area contributed by atoms with Crippen LogP contribution in [0, 0.1) is 0 Å². The second-order valence-corrected chi connectivity index (χ2v) is 5.08. The predicted molar refractivity (Wildman–Crippen MR) is 86.7 cm³/mol. The number of rotatable bonds is 3. The Morgan fingerprint density at radius 1 is 0.909 bits per heavy atom. The molecule has 0 bridgehead atoms. The van der Waals surface area contributed by atoms with Crippen LogP contribution in [0.4, 0.5) is 11.4 Å². The van der Waals surface area contributed by atoms with Gasteiger partial charge in [-0.1, -0.05) is 29.3 Å². The van der Waals surface area contributed by atoms with Gasteiger partial charge in [-0.2, -0.15) is 0 Å². The standard InChI is InChI=1S/C15H12Cl2N2O3/c1-22-11-4-2-3-9(7-11)18-14(20)15(21)19-10-5-6-12(16)13(17)8-10/h2-8H,1H3,(H,18,20)(H,19,21). The van der Waals surface area contributed by atoms with Crippen molar-refractivity contribution < 1.29 is 14.3 Å². The van der Waals surface area contributed by atoms with Gasteiger partial charge in [0.2, 0.25) is 0 Å². The molecule has 0 aliphatic carbocycles. The lowest BCUT2D eigenvalue weighted by Gasteiger charge is -2.08. The third-order valence-electron chi connectivity index (χ3n) is 2.71. The van der Waals surface area contributed by atoms with Crippen LogP contribution in [0.2, 0.25) is 10.0 Å². The Hall–Kier alpha value is -2.24. The number of methoxy groups -OCH3 is 1. The Labute approximate surface area is 137 Å². The van der Waals surface area contributed by atoms with Crippen LogP contribution in [0.3, 0.4) is 0 Å². The number of carbonyl (C=O) groups excluding carboxylic acids is 2. The summed E-state index contributed by atoms with van der Waals surface area (Å²) in [5.41, 5.74) is 0.828. The van der Waals surface area contributed by atoms with Gasteiger partial charge in [0.25, 0.3) is 0 Å². The minimum absolute atomic E-state index is 0.285. The minimum Gasteiger partial charge on any atom is -0.497 e. The van der Waals surface area contributed by atoms with Gasteiger partial charge in [-0.3, -0.25) is 9.59 Å². The number of anilines is 2. The monoisotopic (exact) mass is 338 g/mol. The highest BCUT2D eigenvalue weighted by Gasteiger charge is 2.14. The molecule has 0 aliphatic rings. The lowest BCUT2D eigenvalue weighted by Crippen LogP contribution is -2.29. The van der Waals surface area contributed by atoms with Crippen molar-refractivity contribution in [2.24, 2.45) is 0 Å².